The Morgan fingerprint density at radius 2 is 1.74 bits per heavy atom. The Hall–Kier alpha value is -1.03. The first-order valence-corrected chi connectivity index (χ1v) is 10.7. The number of ether oxygens (including phenoxy) is 1. The molecule has 1 aliphatic carbocycles. The van der Waals surface area contributed by atoms with Crippen molar-refractivity contribution in [3.63, 3.8) is 0 Å². The Bertz CT molecular complexity index is 611. The molecule has 152 valence electrons. The molecule has 1 unspecified atom stereocenters. The lowest BCUT2D eigenvalue weighted by Crippen LogP contribution is -2.41. The molecule has 3 nitrogen and oxygen atoms in total. The van der Waals surface area contributed by atoms with Gasteiger partial charge < -0.3 is 14.3 Å². The summed E-state index contributed by atoms with van der Waals surface area (Å²) < 4.78 is 6.39. The number of thiol groups is 1. The van der Waals surface area contributed by atoms with Crippen LogP contribution in [0.2, 0.25) is 0 Å². The van der Waals surface area contributed by atoms with Crippen molar-refractivity contribution in [3.05, 3.63) is 23.5 Å². The van der Waals surface area contributed by atoms with Gasteiger partial charge in [-0.3, -0.25) is 0 Å². The quantitative estimate of drug-likeness (QED) is 0.295. The van der Waals surface area contributed by atoms with Gasteiger partial charge >= 0.3 is 0 Å². The van der Waals surface area contributed by atoms with Gasteiger partial charge in [-0.1, -0.05) is 60.8 Å². The van der Waals surface area contributed by atoms with E-state index in [1.165, 1.54) is 5.57 Å². The second-order valence-electron chi connectivity index (χ2n) is 10.3. The minimum Gasteiger partial charge on any atom is -0.489 e. The Morgan fingerprint density at radius 3 is 2.26 bits per heavy atom. The van der Waals surface area contributed by atoms with Crippen LogP contribution < -0.4 is 0 Å². The van der Waals surface area contributed by atoms with Crippen molar-refractivity contribution in [2.45, 2.75) is 85.0 Å². The van der Waals surface area contributed by atoms with E-state index in [4.69, 9.17) is 17.4 Å². The highest BCUT2D eigenvalue weighted by atomic mass is 32.1. The molecule has 0 bridgehead atoms. The Morgan fingerprint density at radius 1 is 1.11 bits per heavy atom. The van der Waals surface area contributed by atoms with Crippen LogP contribution in [0.1, 0.15) is 73.6 Å². The zero-order chi connectivity index (χ0) is 20.5. The molecule has 1 aliphatic heterocycles. The molecule has 0 radical (unpaired) electrons. The molecule has 0 spiro atoms. The van der Waals surface area contributed by atoms with E-state index in [0.29, 0.717) is 6.42 Å². The summed E-state index contributed by atoms with van der Waals surface area (Å²) in [7, 11) is 0. The van der Waals surface area contributed by atoms with Crippen LogP contribution in [0.25, 0.3) is 0 Å². The molecule has 2 aliphatic rings. The summed E-state index contributed by atoms with van der Waals surface area (Å²) in [6.07, 6.45) is 10.4. The van der Waals surface area contributed by atoms with Crippen LogP contribution in [0.4, 0.5) is 0 Å². The van der Waals surface area contributed by atoms with Gasteiger partial charge in [-0.2, -0.15) is 12.6 Å². The molecule has 2 rings (SSSR count). The molecule has 0 saturated heterocycles. The third kappa shape index (κ3) is 4.88. The third-order valence-electron chi connectivity index (χ3n) is 6.04. The third-order valence-corrected chi connectivity index (χ3v) is 6.65. The number of carbonyl (C=O) groups is 2. The number of carbonyl (C=O) groups excluding carboxylic acids is 2. The molecule has 3 atom stereocenters. The Kier molecular flexibility index (Phi) is 6.72. The zero-order valence-electron chi connectivity index (χ0n) is 17.7. The highest BCUT2D eigenvalue weighted by molar-refractivity contribution is 7.81. The molecule has 0 aromatic heterocycles. The highest BCUT2D eigenvalue weighted by Crippen LogP contribution is 2.45. The van der Waals surface area contributed by atoms with E-state index in [1.54, 1.807) is 0 Å². The molecule has 0 aromatic carbocycles. The molecular weight excluding hydrogens is 356 g/mol. The maximum Gasteiger partial charge on any atom is 0.133 e. The molecule has 0 N–H and O–H groups in total. The summed E-state index contributed by atoms with van der Waals surface area (Å²) in [5, 5.41) is -0.269. The fourth-order valence-electron chi connectivity index (χ4n) is 4.02. The van der Waals surface area contributed by atoms with E-state index in [2.05, 4.69) is 53.7 Å². The monoisotopic (exact) mass is 392 g/mol. The second kappa shape index (κ2) is 8.14. The highest BCUT2D eigenvalue weighted by Gasteiger charge is 2.45. The van der Waals surface area contributed by atoms with Gasteiger partial charge in [0.15, 0.2) is 0 Å². The van der Waals surface area contributed by atoms with Gasteiger partial charge in [-0.05, 0) is 41.9 Å². The maximum atomic E-state index is 12.0. The molecule has 1 fully saturated rings. The number of hydrogen-bond acceptors (Lipinski definition) is 4. The Labute approximate surface area is 170 Å². The van der Waals surface area contributed by atoms with Gasteiger partial charge in [0.25, 0.3) is 0 Å². The lowest BCUT2D eigenvalue weighted by atomic mass is 9.71. The van der Waals surface area contributed by atoms with Gasteiger partial charge in [-0.25, -0.2) is 0 Å². The summed E-state index contributed by atoms with van der Waals surface area (Å²) in [6.45, 7) is 13.1. The summed E-state index contributed by atoms with van der Waals surface area (Å²) in [5.74, 6) is 0.662. The molecular formula is C23H36O3S. The van der Waals surface area contributed by atoms with Crippen LogP contribution in [0.15, 0.2) is 23.5 Å². The molecule has 1 saturated carbocycles. The van der Waals surface area contributed by atoms with Crippen molar-refractivity contribution in [2.24, 2.45) is 22.2 Å². The van der Waals surface area contributed by atoms with Crippen LogP contribution in [0.5, 0.6) is 0 Å². The summed E-state index contributed by atoms with van der Waals surface area (Å²) in [4.78, 5) is 23.9. The topological polar surface area (TPSA) is 43.4 Å². The van der Waals surface area contributed by atoms with Crippen molar-refractivity contribution < 1.29 is 14.3 Å². The van der Waals surface area contributed by atoms with Gasteiger partial charge in [0.05, 0.1) is 10.7 Å². The van der Waals surface area contributed by atoms with Crippen molar-refractivity contribution in [1.82, 2.24) is 0 Å². The van der Waals surface area contributed by atoms with Gasteiger partial charge in [-0.15, -0.1) is 0 Å². The average Bonchev–Trinajstić information content (AvgIpc) is 2.82. The molecule has 0 aromatic rings. The number of hydrogen-bond donors (Lipinski definition) is 1. The van der Waals surface area contributed by atoms with Gasteiger partial charge in [0.1, 0.15) is 24.4 Å². The van der Waals surface area contributed by atoms with Crippen molar-refractivity contribution in [1.29, 1.82) is 0 Å². The van der Waals surface area contributed by atoms with E-state index in [-0.39, 0.29) is 28.1 Å². The Balaban J connectivity index is 2.44. The lowest BCUT2D eigenvalue weighted by Gasteiger charge is -2.40. The van der Waals surface area contributed by atoms with E-state index < -0.39 is 5.41 Å². The number of allylic oxidation sites excluding steroid dienone is 2. The maximum absolute atomic E-state index is 12.0. The van der Waals surface area contributed by atoms with Crippen LogP contribution in [0.3, 0.4) is 0 Å². The second-order valence-corrected chi connectivity index (χ2v) is 10.9. The first-order valence-electron chi connectivity index (χ1n) is 10.2. The van der Waals surface area contributed by atoms with Crippen molar-refractivity contribution >= 4 is 25.2 Å². The van der Waals surface area contributed by atoms with Crippen molar-refractivity contribution in [3.8, 4) is 0 Å². The predicted molar refractivity (Wildman–Crippen MR) is 114 cm³/mol. The first-order chi connectivity index (χ1) is 12.4. The predicted octanol–water partition coefficient (Wildman–Crippen LogP) is 5.55. The minimum absolute atomic E-state index is 0.0120. The van der Waals surface area contributed by atoms with E-state index in [9.17, 15) is 9.59 Å². The largest absolute Gasteiger partial charge is 0.489 e. The molecule has 4 heteroatoms. The fraction of sp³-hybridized carbons (Fsp3) is 0.739. The SMILES string of the molecule is CC(C)(C)C1=CC(C(C)(C)C)OC([C@H](S)[C@H]2CCCCCC2(C=O)C=O)=C1. The summed E-state index contributed by atoms with van der Waals surface area (Å²) in [6, 6.07) is 0. The fourth-order valence-corrected chi connectivity index (χ4v) is 4.59. The first kappa shape index (κ1) is 22.3. The minimum atomic E-state index is -0.951. The molecule has 27 heavy (non-hydrogen) atoms. The summed E-state index contributed by atoms with van der Waals surface area (Å²) in [5.41, 5.74) is 0.202. The average molecular weight is 393 g/mol. The molecule has 1 heterocycles. The molecule has 0 amide bonds. The standard InChI is InChI=1S/C23H36O3S/c1-21(2,3)16-12-18(26-19(13-16)22(4,5)6)20(27)17-10-8-7-9-11-23(17,14-24)15-25/h12-15,17,19-20,27H,7-11H2,1-6H3/t17-,19?,20-/m1/s1. The van der Waals surface area contributed by atoms with Crippen LogP contribution in [-0.2, 0) is 14.3 Å². The lowest BCUT2D eigenvalue weighted by molar-refractivity contribution is -0.130. The van der Waals surface area contributed by atoms with E-state index in [0.717, 1.165) is 44.0 Å². The van der Waals surface area contributed by atoms with Crippen LogP contribution in [-0.4, -0.2) is 23.9 Å². The zero-order valence-corrected chi connectivity index (χ0v) is 18.6. The van der Waals surface area contributed by atoms with Gasteiger partial charge in [0, 0.05) is 5.41 Å². The van der Waals surface area contributed by atoms with E-state index in [1.807, 2.05) is 0 Å². The van der Waals surface area contributed by atoms with Crippen LogP contribution in [0, 0.1) is 22.2 Å². The smallest absolute Gasteiger partial charge is 0.133 e. The number of aldehydes is 2. The van der Waals surface area contributed by atoms with Crippen molar-refractivity contribution in [2.75, 3.05) is 0 Å². The van der Waals surface area contributed by atoms with Gasteiger partial charge in [0.2, 0.25) is 0 Å². The number of rotatable bonds is 4. The van der Waals surface area contributed by atoms with Crippen LogP contribution >= 0.6 is 12.6 Å². The summed E-state index contributed by atoms with van der Waals surface area (Å²) >= 11 is 4.92. The van der Waals surface area contributed by atoms with E-state index >= 15 is 0 Å². The normalized spacial score (nSPS) is 27.5.